The van der Waals surface area contributed by atoms with Crippen molar-refractivity contribution in [2.75, 3.05) is 6.54 Å². The van der Waals surface area contributed by atoms with E-state index in [1.807, 2.05) is 0 Å². The van der Waals surface area contributed by atoms with Crippen LogP contribution in [0.2, 0.25) is 0 Å². The first-order chi connectivity index (χ1) is 5.41. The van der Waals surface area contributed by atoms with Crippen LogP contribution >= 0.6 is 0 Å². The first kappa shape index (κ1) is 11.0. The molecule has 0 unspecified atom stereocenters. The summed E-state index contributed by atoms with van der Waals surface area (Å²) in [7, 11) is 0. The van der Waals surface area contributed by atoms with Crippen LogP contribution < -0.4 is 0 Å². The maximum atomic E-state index is 6.95. The van der Waals surface area contributed by atoms with Crippen LogP contribution in [0.5, 0.6) is 0 Å². The van der Waals surface area contributed by atoms with Gasteiger partial charge in [0.2, 0.25) is 0 Å². The molecule has 0 rings (SSSR count). The maximum Gasteiger partial charge on any atom is -0.0533 e. The minimum Gasteiger partial charge on any atom is -0.677 e. The summed E-state index contributed by atoms with van der Waals surface area (Å²) in [4.78, 5) is 0. The highest BCUT2D eigenvalue weighted by Crippen LogP contribution is 2.07. The van der Waals surface area contributed by atoms with E-state index in [0.29, 0.717) is 6.54 Å². The molecule has 0 aliphatic rings. The van der Waals surface area contributed by atoms with Crippen molar-refractivity contribution in [3.05, 3.63) is 5.73 Å². The number of rotatable bonds is 8. The van der Waals surface area contributed by atoms with Crippen LogP contribution in [-0.4, -0.2) is 6.54 Å². The molecule has 68 valence electrons. The van der Waals surface area contributed by atoms with Gasteiger partial charge in [-0.1, -0.05) is 58.3 Å². The smallest absolute Gasteiger partial charge is 0.0533 e. The minimum absolute atomic E-state index is 0.620. The summed E-state index contributed by atoms with van der Waals surface area (Å²) < 4.78 is 0. The van der Waals surface area contributed by atoms with E-state index >= 15 is 0 Å². The molecule has 0 saturated carbocycles. The van der Waals surface area contributed by atoms with Crippen molar-refractivity contribution < 1.29 is 0 Å². The molecule has 0 aromatic heterocycles. The molecule has 1 nitrogen and oxygen atoms in total. The van der Waals surface area contributed by atoms with Gasteiger partial charge in [-0.25, -0.2) is 0 Å². The largest absolute Gasteiger partial charge is 0.677 e. The van der Waals surface area contributed by atoms with E-state index in [9.17, 15) is 0 Å². The molecule has 0 saturated heterocycles. The van der Waals surface area contributed by atoms with E-state index in [0.717, 1.165) is 6.42 Å². The topological polar surface area (TPSA) is 23.8 Å². The Bertz CT molecular complexity index is 53.9. The van der Waals surface area contributed by atoms with Gasteiger partial charge in [-0.05, 0) is 0 Å². The van der Waals surface area contributed by atoms with Gasteiger partial charge in [0.25, 0.3) is 0 Å². The molecule has 11 heavy (non-hydrogen) atoms. The molecule has 0 bridgehead atoms. The van der Waals surface area contributed by atoms with Gasteiger partial charge < -0.3 is 5.73 Å². The standard InChI is InChI=1S/C10H22N/c1-2-3-4-5-6-7-8-9-10-11/h11H,2-10H2,1H3/q-1. The van der Waals surface area contributed by atoms with E-state index in [-0.39, 0.29) is 0 Å². The zero-order valence-corrected chi connectivity index (χ0v) is 7.86. The summed E-state index contributed by atoms with van der Waals surface area (Å²) >= 11 is 0. The SMILES string of the molecule is CCCCCCCCCC[NH-]. The Morgan fingerprint density at radius 1 is 0.727 bits per heavy atom. The first-order valence-electron chi connectivity index (χ1n) is 5.06. The zero-order chi connectivity index (χ0) is 8.36. The summed E-state index contributed by atoms with van der Waals surface area (Å²) in [5.74, 6) is 0. The average Bonchev–Trinajstić information content (AvgIpc) is 2.03. The molecule has 0 amide bonds. The van der Waals surface area contributed by atoms with Crippen molar-refractivity contribution in [1.29, 1.82) is 0 Å². The Morgan fingerprint density at radius 3 is 1.64 bits per heavy atom. The fourth-order valence-electron chi connectivity index (χ4n) is 1.26. The van der Waals surface area contributed by atoms with E-state index in [2.05, 4.69) is 6.92 Å². The quantitative estimate of drug-likeness (QED) is 0.471. The third-order valence-corrected chi connectivity index (χ3v) is 2.03. The second kappa shape index (κ2) is 9.96. The highest BCUT2D eigenvalue weighted by Gasteiger charge is 1.88. The molecule has 0 aromatic carbocycles. The lowest BCUT2D eigenvalue weighted by atomic mass is 10.1. The molecule has 0 fully saturated rings. The normalized spacial score (nSPS) is 10.4. The second-order valence-corrected chi connectivity index (χ2v) is 3.22. The van der Waals surface area contributed by atoms with Gasteiger partial charge in [-0.15, -0.1) is 0 Å². The van der Waals surface area contributed by atoms with Crippen molar-refractivity contribution in [2.45, 2.75) is 58.3 Å². The third kappa shape index (κ3) is 9.96. The number of nitrogens with one attached hydrogen (secondary N) is 1. The molecule has 0 spiro atoms. The molecule has 0 aromatic rings. The molecule has 1 heteroatoms. The highest BCUT2D eigenvalue weighted by molar-refractivity contribution is 4.51. The van der Waals surface area contributed by atoms with Crippen LogP contribution in [-0.2, 0) is 0 Å². The Kier molecular flexibility index (Phi) is 9.92. The van der Waals surface area contributed by atoms with Crippen molar-refractivity contribution in [2.24, 2.45) is 0 Å². The van der Waals surface area contributed by atoms with E-state index in [1.54, 1.807) is 0 Å². The monoisotopic (exact) mass is 156 g/mol. The van der Waals surface area contributed by atoms with Crippen LogP contribution in [0.1, 0.15) is 58.3 Å². The Labute approximate surface area is 71.4 Å². The molecule has 0 atom stereocenters. The molecule has 0 radical (unpaired) electrons. The molecule has 0 heterocycles. The fraction of sp³-hybridized carbons (Fsp3) is 1.00. The van der Waals surface area contributed by atoms with Crippen molar-refractivity contribution in [3.8, 4) is 0 Å². The van der Waals surface area contributed by atoms with Gasteiger partial charge in [0.15, 0.2) is 0 Å². The van der Waals surface area contributed by atoms with E-state index < -0.39 is 0 Å². The van der Waals surface area contributed by atoms with Crippen molar-refractivity contribution >= 4 is 0 Å². The van der Waals surface area contributed by atoms with Crippen LogP contribution in [0.15, 0.2) is 0 Å². The Balaban J connectivity index is 2.69. The van der Waals surface area contributed by atoms with Gasteiger partial charge in [0.1, 0.15) is 0 Å². The molecular weight excluding hydrogens is 134 g/mol. The van der Waals surface area contributed by atoms with Gasteiger partial charge in [0.05, 0.1) is 0 Å². The summed E-state index contributed by atoms with van der Waals surface area (Å²) in [6.07, 6.45) is 10.7. The van der Waals surface area contributed by atoms with E-state index in [4.69, 9.17) is 5.73 Å². The molecular formula is C10H22N-. The van der Waals surface area contributed by atoms with Crippen LogP contribution in [0, 0.1) is 0 Å². The second-order valence-electron chi connectivity index (χ2n) is 3.22. The first-order valence-corrected chi connectivity index (χ1v) is 5.06. The lowest BCUT2D eigenvalue weighted by molar-refractivity contribution is 0.583. The van der Waals surface area contributed by atoms with Crippen LogP contribution in [0.3, 0.4) is 0 Å². The number of unbranched alkanes of at least 4 members (excludes halogenated alkanes) is 7. The predicted octanol–water partition coefficient (Wildman–Crippen LogP) is 4.18. The molecule has 0 aliphatic heterocycles. The van der Waals surface area contributed by atoms with Crippen molar-refractivity contribution in [1.82, 2.24) is 0 Å². The Hall–Kier alpha value is -0.0400. The van der Waals surface area contributed by atoms with Gasteiger partial charge in [-0.3, -0.25) is 0 Å². The Morgan fingerprint density at radius 2 is 1.18 bits per heavy atom. The number of hydrogen-bond donors (Lipinski definition) is 0. The lowest BCUT2D eigenvalue weighted by Crippen LogP contribution is -1.81. The summed E-state index contributed by atoms with van der Waals surface area (Å²) in [6.45, 7) is 2.87. The van der Waals surface area contributed by atoms with Gasteiger partial charge in [-0.2, -0.15) is 6.54 Å². The zero-order valence-electron chi connectivity index (χ0n) is 7.86. The van der Waals surface area contributed by atoms with Gasteiger partial charge in [0, 0.05) is 0 Å². The highest BCUT2D eigenvalue weighted by atomic mass is 14.5. The fourth-order valence-corrected chi connectivity index (χ4v) is 1.26. The molecule has 0 aliphatic carbocycles. The van der Waals surface area contributed by atoms with E-state index in [1.165, 1.54) is 44.9 Å². The third-order valence-electron chi connectivity index (χ3n) is 2.03. The minimum atomic E-state index is 0.620. The maximum absolute atomic E-state index is 6.95. The van der Waals surface area contributed by atoms with Crippen LogP contribution in [0.25, 0.3) is 5.73 Å². The van der Waals surface area contributed by atoms with Crippen LogP contribution in [0.4, 0.5) is 0 Å². The number of hydrogen-bond acceptors (Lipinski definition) is 0. The summed E-state index contributed by atoms with van der Waals surface area (Å²) in [5.41, 5.74) is 6.95. The van der Waals surface area contributed by atoms with Crippen molar-refractivity contribution in [3.63, 3.8) is 0 Å². The summed E-state index contributed by atoms with van der Waals surface area (Å²) in [6, 6.07) is 0. The summed E-state index contributed by atoms with van der Waals surface area (Å²) in [5, 5.41) is 0. The average molecular weight is 156 g/mol. The van der Waals surface area contributed by atoms with Gasteiger partial charge >= 0.3 is 0 Å². The molecule has 1 N–H and O–H groups in total. The lowest BCUT2D eigenvalue weighted by Gasteiger charge is -2.01. The predicted molar refractivity (Wildman–Crippen MR) is 51.8 cm³/mol.